The number of carbonyl (C=O) groups excluding carboxylic acids is 1. The van der Waals surface area contributed by atoms with Gasteiger partial charge in [0, 0.05) is 24.7 Å². The predicted molar refractivity (Wildman–Crippen MR) is 123 cm³/mol. The molecule has 4 heterocycles. The molecule has 5 saturated carbocycles. The van der Waals surface area contributed by atoms with Crippen molar-refractivity contribution in [3.63, 3.8) is 0 Å². The van der Waals surface area contributed by atoms with Gasteiger partial charge in [-0.25, -0.2) is 9.78 Å². The van der Waals surface area contributed by atoms with Crippen LogP contribution in [0.2, 0.25) is 0 Å². The monoisotopic (exact) mass is 474 g/mol. The Morgan fingerprint density at radius 2 is 1.65 bits per heavy atom. The van der Waals surface area contributed by atoms with Gasteiger partial charge in [-0.2, -0.15) is 0 Å². The molecule has 9 fully saturated rings. The molecule has 190 valence electrons. The molecule has 4 saturated heterocycles. The Labute approximate surface area is 203 Å². The first-order valence-electron chi connectivity index (χ1n) is 14.2. The van der Waals surface area contributed by atoms with E-state index in [4.69, 9.17) is 24.0 Å². The highest BCUT2D eigenvalue weighted by Crippen LogP contribution is 2.62. The molecule has 0 N–H and O–H groups in total. The molecule has 0 aromatic carbocycles. The molecule has 8 atom stereocenters. The van der Waals surface area contributed by atoms with Gasteiger partial charge in [-0.3, -0.25) is 4.79 Å². The lowest BCUT2D eigenvalue weighted by Crippen LogP contribution is -2.70. The summed E-state index contributed by atoms with van der Waals surface area (Å²) in [6.45, 7) is 6.41. The van der Waals surface area contributed by atoms with E-state index in [1.807, 2.05) is 6.92 Å². The molecule has 6 bridgehead atoms. The number of carbonyl (C=O) groups is 1. The summed E-state index contributed by atoms with van der Waals surface area (Å²) in [4.78, 5) is 25.2. The maximum Gasteiger partial charge on any atom is 0.308 e. The Morgan fingerprint density at radius 3 is 2.35 bits per heavy atom. The van der Waals surface area contributed by atoms with Crippen molar-refractivity contribution < 1.29 is 28.8 Å². The van der Waals surface area contributed by atoms with Gasteiger partial charge in [0.1, 0.15) is 0 Å². The zero-order valence-electron chi connectivity index (χ0n) is 21.1. The molecule has 9 aliphatic rings. The molecule has 0 aromatic heterocycles. The summed E-state index contributed by atoms with van der Waals surface area (Å²) in [6.07, 6.45) is 12.6. The molecule has 6 heteroatoms. The first-order valence-corrected chi connectivity index (χ1v) is 14.2. The maximum atomic E-state index is 13.1. The van der Waals surface area contributed by atoms with E-state index in [0.717, 1.165) is 49.9 Å². The fourth-order valence-electron chi connectivity index (χ4n) is 10.2. The Kier molecular flexibility index (Phi) is 5.07. The number of rotatable bonds is 4. The Bertz CT molecular complexity index is 807. The zero-order valence-corrected chi connectivity index (χ0v) is 21.1. The second-order valence-electron chi connectivity index (χ2n) is 13.7. The van der Waals surface area contributed by atoms with Gasteiger partial charge in [0.05, 0.1) is 0 Å². The van der Waals surface area contributed by atoms with Gasteiger partial charge < -0.3 is 14.2 Å². The van der Waals surface area contributed by atoms with Crippen LogP contribution in [-0.2, 0) is 28.8 Å². The van der Waals surface area contributed by atoms with Crippen molar-refractivity contribution in [2.45, 2.75) is 122 Å². The number of fused-ring (bicyclic) bond motifs is 2. The molecule has 0 amide bonds. The van der Waals surface area contributed by atoms with Crippen LogP contribution in [0.5, 0.6) is 0 Å². The largest absolute Gasteiger partial charge is 0.435 e. The Balaban J connectivity index is 1.05. The summed E-state index contributed by atoms with van der Waals surface area (Å²) >= 11 is 0. The van der Waals surface area contributed by atoms with E-state index >= 15 is 0 Å². The van der Waals surface area contributed by atoms with Crippen LogP contribution >= 0.6 is 0 Å². The van der Waals surface area contributed by atoms with Gasteiger partial charge in [0.2, 0.25) is 12.1 Å². The summed E-state index contributed by atoms with van der Waals surface area (Å²) in [5, 5.41) is 0. The van der Waals surface area contributed by atoms with Crippen LogP contribution in [0.1, 0.15) is 97.8 Å². The summed E-state index contributed by atoms with van der Waals surface area (Å²) in [6, 6.07) is 0. The fourth-order valence-corrected chi connectivity index (χ4v) is 10.2. The molecule has 0 unspecified atom stereocenters. The minimum absolute atomic E-state index is 0.0457. The summed E-state index contributed by atoms with van der Waals surface area (Å²) in [5.74, 6) is 2.92. The van der Waals surface area contributed by atoms with Gasteiger partial charge in [-0.1, -0.05) is 13.8 Å². The van der Waals surface area contributed by atoms with E-state index in [1.54, 1.807) is 0 Å². The van der Waals surface area contributed by atoms with E-state index < -0.39 is 24.0 Å². The predicted octanol–water partition coefficient (Wildman–Crippen LogP) is 5.73. The third-order valence-corrected chi connectivity index (χ3v) is 11.4. The molecule has 0 aromatic rings. The van der Waals surface area contributed by atoms with Crippen LogP contribution in [-0.4, -0.2) is 29.9 Å². The molecular weight excluding hydrogens is 432 g/mol. The van der Waals surface area contributed by atoms with Crippen LogP contribution in [0, 0.1) is 46.8 Å². The van der Waals surface area contributed by atoms with Gasteiger partial charge in [0.15, 0.2) is 11.9 Å². The van der Waals surface area contributed by atoms with Gasteiger partial charge in [0.25, 0.3) is 0 Å². The van der Waals surface area contributed by atoms with Crippen LogP contribution < -0.4 is 0 Å². The average Bonchev–Trinajstić information content (AvgIpc) is 3.01. The normalized spacial score (nSPS) is 57.2. The Hall–Kier alpha value is -0.690. The fraction of sp³-hybridized carbons (Fsp3) is 0.964. The number of hydrogen-bond donors (Lipinski definition) is 0. The maximum absolute atomic E-state index is 13.1. The summed E-state index contributed by atoms with van der Waals surface area (Å²) in [5.41, 5.74) is -0.206. The molecule has 1 spiro atoms. The van der Waals surface area contributed by atoms with Gasteiger partial charge in [-0.05, 0) is 106 Å². The molecule has 6 nitrogen and oxygen atoms in total. The van der Waals surface area contributed by atoms with Crippen molar-refractivity contribution in [3.05, 3.63) is 0 Å². The summed E-state index contributed by atoms with van der Waals surface area (Å²) in [7, 11) is 0. The van der Waals surface area contributed by atoms with E-state index in [0.29, 0.717) is 23.7 Å². The SMILES string of the molecule is C[C@H]1[C@H](OC(=O)CCC23CC4CC(CC(C4)C2)C3)O[C@@H]2O[C@]3(C)CC[C@H]4[C@H](C)CC[C@@H]1[C@@]24OO3. The first kappa shape index (κ1) is 22.5. The highest BCUT2D eigenvalue weighted by atomic mass is 17.3. The van der Waals surface area contributed by atoms with E-state index in [1.165, 1.54) is 38.5 Å². The molecule has 34 heavy (non-hydrogen) atoms. The molecule has 4 aliphatic heterocycles. The third-order valence-electron chi connectivity index (χ3n) is 11.4. The third kappa shape index (κ3) is 3.30. The molecule has 9 rings (SSSR count). The van der Waals surface area contributed by atoms with Crippen LogP contribution in [0.3, 0.4) is 0 Å². The molecule has 5 aliphatic carbocycles. The number of esters is 1. The smallest absolute Gasteiger partial charge is 0.308 e. The number of ether oxygens (including phenoxy) is 3. The van der Waals surface area contributed by atoms with E-state index in [9.17, 15) is 4.79 Å². The first-order chi connectivity index (χ1) is 16.3. The topological polar surface area (TPSA) is 63.2 Å². The van der Waals surface area contributed by atoms with Crippen molar-refractivity contribution in [1.82, 2.24) is 0 Å². The van der Waals surface area contributed by atoms with Crippen molar-refractivity contribution in [3.8, 4) is 0 Å². The van der Waals surface area contributed by atoms with Gasteiger partial charge >= 0.3 is 5.97 Å². The second-order valence-corrected chi connectivity index (χ2v) is 13.7. The summed E-state index contributed by atoms with van der Waals surface area (Å²) < 4.78 is 18.9. The minimum Gasteiger partial charge on any atom is -0.435 e. The van der Waals surface area contributed by atoms with Crippen molar-refractivity contribution >= 4 is 5.97 Å². The average molecular weight is 475 g/mol. The van der Waals surface area contributed by atoms with Crippen LogP contribution in [0.15, 0.2) is 0 Å². The minimum atomic E-state index is -0.800. The number of hydrogen-bond acceptors (Lipinski definition) is 6. The highest BCUT2D eigenvalue weighted by molar-refractivity contribution is 5.69. The van der Waals surface area contributed by atoms with E-state index in [-0.39, 0.29) is 17.8 Å². The lowest BCUT2D eigenvalue weighted by molar-refractivity contribution is -0.576. The molecule has 0 radical (unpaired) electrons. The lowest BCUT2D eigenvalue weighted by Gasteiger charge is -2.60. The quantitative estimate of drug-likeness (QED) is 0.383. The zero-order chi connectivity index (χ0) is 23.3. The van der Waals surface area contributed by atoms with Crippen molar-refractivity contribution in [1.29, 1.82) is 0 Å². The van der Waals surface area contributed by atoms with Crippen LogP contribution in [0.4, 0.5) is 0 Å². The standard InChI is InChI=1S/C28H42O6/c1-16-4-5-22-17(2)24(31-25-28(22)21(16)6-8-26(3,32-25)33-34-28)30-23(29)7-9-27-13-18-10-19(14-27)12-20(11-18)15-27/h16-22,24-25H,4-15H2,1-3H3/t16-,17-,18?,19?,20?,21+,22+,24-,25-,26+,27?,28-/m1/s1. The van der Waals surface area contributed by atoms with Gasteiger partial charge in [-0.15, -0.1) is 0 Å². The van der Waals surface area contributed by atoms with Crippen LogP contribution in [0.25, 0.3) is 0 Å². The Morgan fingerprint density at radius 1 is 0.941 bits per heavy atom. The van der Waals surface area contributed by atoms with Crippen molar-refractivity contribution in [2.24, 2.45) is 46.8 Å². The lowest BCUT2D eigenvalue weighted by atomic mass is 9.48. The van der Waals surface area contributed by atoms with Crippen molar-refractivity contribution in [2.75, 3.05) is 0 Å². The van der Waals surface area contributed by atoms with E-state index in [2.05, 4.69) is 13.8 Å². The second kappa shape index (κ2) is 7.66. The molecular formula is C28H42O6. The highest BCUT2D eigenvalue weighted by Gasteiger charge is 2.69.